The quantitative estimate of drug-likeness (QED) is 0.861. The minimum absolute atomic E-state index is 0.823. The lowest BCUT2D eigenvalue weighted by molar-refractivity contribution is 0.783. The van der Waals surface area contributed by atoms with Crippen molar-refractivity contribution >= 4 is 11.6 Å². The number of hydrogen-bond acceptors (Lipinski definition) is 1. The van der Waals surface area contributed by atoms with Crippen LogP contribution in [0.25, 0.3) is 0 Å². The van der Waals surface area contributed by atoms with Crippen molar-refractivity contribution < 1.29 is 0 Å². The van der Waals surface area contributed by atoms with Crippen molar-refractivity contribution in [3.05, 3.63) is 58.9 Å². The molecule has 2 rings (SSSR count). The molecule has 1 heterocycles. The van der Waals surface area contributed by atoms with Gasteiger partial charge in [0.2, 0.25) is 0 Å². The monoisotopic (exact) mass is 234 g/mol. The van der Waals surface area contributed by atoms with Gasteiger partial charge in [-0.05, 0) is 30.3 Å². The molecule has 2 aromatic rings. The third-order valence-corrected chi connectivity index (χ3v) is 2.87. The molecular formula is C13H15ClN2. The molecule has 0 saturated carbocycles. The molecule has 0 aliphatic carbocycles. The normalized spacial score (nSPS) is 10.6. The van der Waals surface area contributed by atoms with Gasteiger partial charge in [0.1, 0.15) is 0 Å². The molecule has 1 N–H and O–H groups in total. The molecule has 0 bridgehead atoms. The lowest BCUT2D eigenvalue weighted by Crippen LogP contribution is -2.04. The highest BCUT2D eigenvalue weighted by Gasteiger charge is 2.00. The zero-order valence-corrected chi connectivity index (χ0v) is 10.0. The maximum absolute atomic E-state index is 6.12. The third kappa shape index (κ3) is 2.65. The average molecular weight is 235 g/mol. The van der Waals surface area contributed by atoms with Crippen LogP contribution in [-0.2, 0) is 13.1 Å². The molecule has 0 saturated heterocycles. The fourth-order valence-corrected chi connectivity index (χ4v) is 1.92. The Morgan fingerprint density at radius 2 is 2.06 bits per heavy atom. The van der Waals surface area contributed by atoms with Gasteiger partial charge in [0.25, 0.3) is 0 Å². The van der Waals surface area contributed by atoms with Crippen LogP contribution in [0.5, 0.6) is 0 Å². The first kappa shape index (κ1) is 11.2. The smallest absolute Gasteiger partial charge is 0.0485 e. The zero-order valence-electron chi connectivity index (χ0n) is 9.28. The van der Waals surface area contributed by atoms with Gasteiger partial charge in [-0.25, -0.2) is 0 Å². The van der Waals surface area contributed by atoms with Crippen molar-refractivity contribution in [1.29, 1.82) is 0 Å². The van der Waals surface area contributed by atoms with Gasteiger partial charge in [0, 0.05) is 30.5 Å². The maximum Gasteiger partial charge on any atom is 0.0485 e. The molecule has 3 heteroatoms. The molecule has 0 atom stereocenters. The fraction of sp³-hybridized carbons (Fsp3) is 0.231. The van der Waals surface area contributed by atoms with E-state index in [4.69, 9.17) is 11.6 Å². The summed E-state index contributed by atoms with van der Waals surface area (Å²) in [7, 11) is 1.95. The molecule has 84 valence electrons. The van der Waals surface area contributed by atoms with Crippen LogP contribution in [0.4, 0.5) is 0 Å². The summed E-state index contributed by atoms with van der Waals surface area (Å²) in [6, 6.07) is 10.1. The summed E-state index contributed by atoms with van der Waals surface area (Å²) in [4.78, 5) is 0. The Morgan fingerprint density at radius 3 is 2.81 bits per heavy atom. The predicted molar refractivity (Wildman–Crippen MR) is 67.7 cm³/mol. The first-order chi connectivity index (χ1) is 7.79. The van der Waals surface area contributed by atoms with Crippen LogP contribution in [0.3, 0.4) is 0 Å². The summed E-state index contributed by atoms with van der Waals surface area (Å²) < 4.78 is 2.15. The number of halogens is 1. The first-order valence-corrected chi connectivity index (χ1v) is 5.70. The lowest BCUT2D eigenvalue weighted by atomic mass is 10.2. The number of hydrogen-bond donors (Lipinski definition) is 1. The lowest BCUT2D eigenvalue weighted by Gasteiger charge is -2.05. The molecule has 0 fully saturated rings. The second kappa shape index (κ2) is 5.19. The van der Waals surface area contributed by atoms with Gasteiger partial charge in [0.15, 0.2) is 0 Å². The average Bonchev–Trinajstić information content (AvgIpc) is 2.70. The highest BCUT2D eigenvalue weighted by Crippen LogP contribution is 2.16. The molecule has 0 unspecified atom stereocenters. The standard InChI is InChI=1S/C13H15ClN2/c1-15-8-11-6-7-16(9-11)10-12-4-2-3-5-13(12)14/h2-7,9,15H,8,10H2,1H3. The molecular weight excluding hydrogens is 220 g/mol. The van der Waals surface area contributed by atoms with E-state index in [0.717, 1.165) is 23.7 Å². The Kier molecular flexibility index (Phi) is 3.65. The van der Waals surface area contributed by atoms with Crippen LogP contribution in [0, 0.1) is 0 Å². The van der Waals surface area contributed by atoms with Gasteiger partial charge in [-0.3, -0.25) is 0 Å². The van der Waals surface area contributed by atoms with Crippen molar-refractivity contribution in [2.45, 2.75) is 13.1 Å². The van der Waals surface area contributed by atoms with Crippen molar-refractivity contribution in [2.75, 3.05) is 7.05 Å². The van der Waals surface area contributed by atoms with E-state index in [1.807, 2.05) is 25.2 Å². The molecule has 0 amide bonds. The summed E-state index contributed by atoms with van der Waals surface area (Å²) in [5.41, 5.74) is 2.44. The second-order valence-corrected chi connectivity index (χ2v) is 4.22. The zero-order chi connectivity index (χ0) is 11.4. The Balaban J connectivity index is 2.11. The minimum Gasteiger partial charge on any atom is -0.350 e. The van der Waals surface area contributed by atoms with Gasteiger partial charge in [0.05, 0.1) is 0 Å². The van der Waals surface area contributed by atoms with Crippen molar-refractivity contribution in [2.24, 2.45) is 0 Å². The molecule has 2 nitrogen and oxygen atoms in total. The van der Waals surface area contributed by atoms with Crippen molar-refractivity contribution in [1.82, 2.24) is 9.88 Å². The van der Waals surface area contributed by atoms with Gasteiger partial charge in [-0.15, -0.1) is 0 Å². The van der Waals surface area contributed by atoms with E-state index in [-0.39, 0.29) is 0 Å². The van der Waals surface area contributed by atoms with Crippen LogP contribution in [0.2, 0.25) is 5.02 Å². The minimum atomic E-state index is 0.823. The number of nitrogens with one attached hydrogen (secondary N) is 1. The topological polar surface area (TPSA) is 17.0 Å². The molecule has 0 aliphatic rings. The summed E-state index contributed by atoms with van der Waals surface area (Å²) in [5.74, 6) is 0. The Bertz CT molecular complexity index is 462. The highest BCUT2D eigenvalue weighted by atomic mass is 35.5. The molecule has 1 aromatic heterocycles. The van der Waals surface area contributed by atoms with Gasteiger partial charge < -0.3 is 9.88 Å². The molecule has 0 spiro atoms. The van der Waals surface area contributed by atoms with Crippen LogP contribution < -0.4 is 5.32 Å². The van der Waals surface area contributed by atoms with E-state index in [0.29, 0.717) is 0 Å². The van der Waals surface area contributed by atoms with Gasteiger partial charge >= 0.3 is 0 Å². The van der Waals surface area contributed by atoms with Crippen LogP contribution >= 0.6 is 11.6 Å². The van der Waals surface area contributed by atoms with E-state index >= 15 is 0 Å². The molecule has 0 aliphatic heterocycles. The predicted octanol–water partition coefficient (Wildman–Crippen LogP) is 2.91. The van der Waals surface area contributed by atoms with Gasteiger partial charge in [-0.2, -0.15) is 0 Å². The summed E-state index contributed by atoms with van der Waals surface area (Å²) in [6.07, 6.45) is 4.22. The first-order valence-electron chi connectivity index (χ1n) is 5.32. The van der Waals surface area contributed by atoms with Crippen LogP contribution in [0.15, 0.2) is 42.7 Å². The van der Waals surface area contributed by atoms with Crippen molar-refractivity contribution in [3.8, 4) is 0 Å². The SMILES string of the molecule is CNCc1ccn(Cc2ccccc2Cl)c1. The van der Waals surface area contributed by atoms with Crippen LogP contribution in [-0.4, -0.2) is 11.6 Å². The summed E-state index contributed by atoms with van der Waals surface area (Å²) in [5, 5.41) is 3.96. The number of nitrogens with zero attached hydrogens (tertiary/aromatic N) is 1. The maximum atomic E-state index is 6.12. The Hall–Kier alpha value is -1.25. The Labute approximate surface area is 101 Å². The van der Waals surface area contributed by atoms with Crippen molar-refractivity contribution in [3.63, 3.8) is 0 Å². The highest BCUT2D eigenvalue weighted by molar-refractivity contribution is 6.31. The molecule has 0 radical (unpaired) electrons. The summed E-state index contributed by atoms with van der Waals surface area (Å²) >= 11 is 6.12. The number of benzene rings is 1. The molecule has 1 aromatic carbocycles. The fourth-order valence-electron chi connectivity index (χ4n) is 1.72. The van der Waals surface area contributed by atoms with E-state index in [2.05, 4.69) is 34.4 Å². The van der Waals surface area contributed by atoms with E-state index < -0.39 is 0 Å². The number of rotatable bonds is 4. The van der Waals surface area contributed by atoms with Gasteiger partial charge in [-0.1, -0.05) is 29.8 Å². The third-order valence-electron chi connectivity index (χ3n) is 2.50. The van der Waals surface area contributed by atoms with E-state index in [1.165, 1.54) is 5.56 Å². The molecule has 16 heavy (non-hydrogen) atoms. The number of aromatic nitrogens is 1. The Morgan fingerprint density at radius 1 is 1.25 bits per heavy atom. The largest absolute Gasteiger partial charge is 0.350 e. The van der Waals surface area contributed by atoms with E-state index in [1.54, 1.807) is 0 Å². The second-order valence-electron chi connectivity index (χ2n) is 3.81. The van der Waals surface area contributed by atoms with Crippen LogP contribution in [0.1, 0.15) is 11.1 Å². The summed E-state index contributed by atoms with van der Waals surface area (Å²) in [6.45, 7) is 1.72. The van der Waals surface area contributed by atoms with E-state index in [9.17, 15) is 0 Å².